The fourth-order valence-electron chi connectivity index (χ4n) is 7.32. The van der Waals surface area contributed by atoms with Gasteiger partial charge in [-0.1, -0.05) is 42.8 Å². The van der Waals surface area contributed by atoms with E-state index in [9.17, 15) is 14.4 Å². The van der Waals surface area contributed by atoms with Gasteiger partial charge in [-0.2, -0.15) is 15.2 Å². The molecule has 1 unspecified atom stereocenters. The highest BCUT2D eigenvalue weighted by molar-refractivity contribution is 6.36. The van der Waals surface area contributed by atoms with Crippen molar-refractivity contribution in [3.8, 4) is 12.1 Å². The minimum absolute atomic E-state index is 0.0534. The van der Waals surface area contributed by atoms with Crippen LogP contribution in [0.4, 0.5) is 15.9 Å². The number of alkyl halides is 1. The van der Waals surface area contributed by atoms with Crippen LogP contribution in [0.3, 0.4) is 0 Å². The van der Waals surface area contributed by atoms with Gasteiger partial charge in [-0.15, -0.1) is 0 Å². The summed E-state index contributed by atoms with van der Waals surface area (Å²) in [6, 6.07) is 14.5. The predicted molar refractivity (Wildman–Crippen MR) is 179 cm³/mol. The van der Waals surface area contributed by atoms with E-state index in [2.05, 4.69) is 59.0 Å². The average Bonchev–Trinajstić information content (AvgIpc) is 3.45. The quantitative estimate of drug-likeness (QED) is 0.280. The van der Waals surface area contributed by atoms with Crippen LogP contribution in [0.5, 0.6) is 6.01 Å². The zero-order valence-electron chi connectivity index (χ0n) is 26.6. The summed E-state index contributed by atoms with van der Waals surface area (Å²) < 4.78 is 19.2. The molecule has 0 spiro atoms. The second-order valence-corrected chi connectivity index (χ2v) is 12.9. The van der Waals surface area contributed by atoms with Crippen molar-refractivity contribution in [3.63, 3.8) is 0 Å². The lowest BCUT2D eigenvalue weighted by atomic mass is 9.94. The number of halogens is 2. The van der Waals surface area contributed by atoms with E-state index in [4.69, 9.17) is 26.3 Å². The van der Waals surface area contributed by atoms with Crippen LogP contribution < -0.4 is 14.5 Å². The molecule has 0 bridgehead atoms. The number of benzene rings is 2. The number of anilines is 2. The number of aromatic nitrogens is 2. The van der Waals surface area contributed by atoms with Crippen molar-refractivity contribution in [2.24, 2.45) is 0 Å². The van der Waals surface area contributed by atoms with Crippen molar-refractivity contribution < 1.29 is 13.9 Å². The Labute approximate surface area is 275 Å². The lowest BCUT2D eigenvalue weighted by molar-refractivity contribution is -0.128. The molecule has 0 aliphatic carbocycles. The third-order valence-electron chi connectivity index (χ3n) is 10.0. The van der Waals surface area contributed by atoms with Gasteiger partial charge in [0.1, 0.15) is 19.1 Å². The molecule has 1 aromatic heterocycles. The fourth-order valence-corrected chi connectivity index (χ4v) is 7.60. The minimum atomic E-state index is -0.707. The minimum Gasteiger partial charge on any atom is -0.461 e. The Morgan fingerprint density at radius 2 is 2.00 bits per heavy atom. The molecular weight excluding hydrogens is 605 g/mol. The number of rotatable bonds is 9. The first-order valence-electron chi connectivity index (χ1n) is 16.2. The van der Waals surface area contributed by atoms with E-state index in [0.717, 1.165) is 65.9 Å². The summed E-state index contributed by atoms with van der Waals surface area (Å²) in [5, 5.41) is 12.4. The monoisotopic (exact) mass is 645 g/mol. The number of allylic oxidation sites excluding steroid dienone is 1. The summed E-state index contributed by atoms with van der Waals surface area (Å²) >= 11 is 6.72. The summed E-state index contributed by atoms with van der Waals surface area (Å²) in [5.74, 6) is 0.525. The van der Waals surface area contributed by atoms with Gasteiger partial charge in [0, 0.05) is 48.9 Å². The van der Waals surface area contributed by atoms with E-state index in [1.807, 2.05) is 12.1 Å². The van der Waals surface area contributed by atoms with Gasteiger partial charge in [0.2, 0.25) is 5.91 Å². The molecular formula is C35H41ClFN7O2. The van der Waals surface area contributed by atoms with Gasteiger partial charge in [0.05, 0.1) is 41.3 Å². The molecule has 3 aliphatic rings. The first kappa shape index (κ1) is 32.0. The predicted octanol–water partition coefficient (Wildman–Crippen LogP) is 5.56. The smallest absolute Gasteiger partial charge is 0.318 e. The molecule has 1 amide bonds. The number of nitrogens with zero attached hydrogens (tertiary/aromatic N) is 7. The molecule has 3 aliphatic heterocycles. The SMILES string of the molecule is CCC1(COc2nc3c(c(N4CCN(C(=O)/C=C/CF)[C@@H](CC#N)C4)n2)CCN(c2cccc4cccc(Cl)c24)C3)CCCN1C. The molecule has 0 saturated carbocycles. The van der Waals surface area contributed by atoms with E-state index in [-0.39, 0.29) is 23.9 Å². The van der Waals surface area contributed by atoms with Crippen LogP contribution in [0.2, 0.25) is 5.02 Å². The van der Waals surface area contributed by atoms with Gasteiger partial charge < -0.3 is 19.4 Å². The van der Waals surface area contributed by atoms with Crippen LogP contribution in [-0.2, 0) is 17.8 Å². The second-order valence-electron chi connectivity index (χ2n) is 12.5. The van der Waals surface area contributed by atoms with Crippen LogP contribution in [0, 0.1) is 11.3 Å². The standard InChI is InChI=1S/C35H41ClFN7O2/c1-3-35(15-7-18-41(35)2)24-46-34-39-29-23-42(30-11-5-9-25-8-4-10-28(36)32(25)30)19-14-27(29)33(40-34)43-20-21-44(26(22-43)13-17-38)31(45)12-6-16-37/h4-6,8-12,26H,3,7,13-16,18-24H2,1-2H3/b12-6+/t26-,35?/m0/s1. The van der Waals surface area contributed by atoms with Gasteiger partial charge in [-0.05, 0) is 62.9 Å². The number of fused-ring (bicyclic) bond motifs is 2. The third-order valence-corrected chi connectivity index (χ3v) is 10.3. The molecule has 6 rings (SSSR count). The summed E-state index contributed by atoms with van der Waals surface area (Å²) in [6.45, 7) is 5.74. The van der Waals surface area contributed by atoms with E-state index in [0.29, 0.717) is 50.2 Å². The summed E-state index contributed by atoms with van der Waals surface area (Å²) in [5.41, 5.74) is 2.98. The topological polar surface area (TPSA) is 88.8 Å². The number of likely N-dealkylation sites (tertiary alicyclic amines) is 1. The van der Waals surface area contributed by atoms with Crippen LogP contribution in [0.15, 0.2) is 48.6 Å². The molecule has 242 valence electrons. The number of carbonyl (C=O) groups excluding carboxylic acids is 1. The molecule has 2 atom stereocenters. The Balaban J connectivity index is 1.34. The Bertz CT molecular complexity index is 1660. The molecule has 2 saturated heterocycles. The fraction of sp³-hybridized carbons (Fsp3) is 0.486. The zero-order valence-corrected chi connectivity index (χ0v) is 27.3. The first-order valence-corrected chi connectivity index (χ1v) is 16.6. The molecule has 3 aromatic rings. The number of ether oxygens (including phenoxy) is 1. The number of piperazine rings is 1. The van der Waals surface area contributed by atoms with Gasteiger partial charge in [-0.25, -0.2) is 4.39 Å². The van der Waals surface area contributed by atoms with E-state index < -0.39 is 6.67 Å². The zero-order chi connectivity index (χ0) is 32.3. The number of carbonyl (C=O) groups is 1. The van der Waals surface area contributed by atoms with E-state index >= 15 is 0 Å². The van der Waals surface area contributed by atoms with Crippen molar-refractivity contribution in [3.05, 3.63) is 64.8 Å². The molecule has 9 nitrogen and oxygen atoms in total. The summed E-state index contributed by atoms with van der Waals surface area (Å²) in [7, 11) is 2.16. The summed E-state index contributed by atoms with van der Waals surface area (Å²) in [6.07, 6.45) is 6.53. The molecule has 0 radical (unpaired) electrons. The molecule has 4 heterocycles. The normalized spacial score (nSPS) is 22.0. The van der Waals surface area contributed by atoms with Gasteiger partial charge in [-0.3, -0.25) is 9.69 Å². The number of amides is 1. The maximum absolute atomic E-state index is 12.8. The van der Waals surface area contributed by atoms with Crippen LogP contribution in [0.25, 0.3) is 10.8 Å². The van der Waals surface area contributed by atoms with Crippen LogP contribution >= 0.6 is 11.6 Å². The van der Waals surface area contributed by atoms with Crippen molar-refractivity contribution in [1.82, 2.24) is 19.8 Å². The Morgan fingerprint density at radius 3 is 2.74 bits per heavy atom. The van der Waals surface area contributed by atoms with Gasteiger partial charge >= 0.3 is 6.01 Å². The van der Waals surface area contributed by atoms with E-state index in [1.54, 1.807) is 4.90 Å². The van der Waals surface area contributed by atoms with Crippen molar-refractivity contribution >= 4 is 39.8 Å². The third kappa shape index (κ3) is 6.23. The van der Waals surface area contributed by atoms with Gasteiger partial charge in [0.15, 0.2) is 0 Å². The molecule has 46 heavy (non-hydrogen) atoms. The van der Waals surface area contributed by atoms with Crippen LogP contribution in [-0.4, -0.2) is 90.3 Å². The summed E-state index contributed by atoms with van der Waals surface area (Å²) in [4.78, 5) is 31.4. The molecule has 11 heteroatoms. The highest BCUT2D eigenvalue weighted by atomic mass is 35.5. The highest BCUT2D eigenvalue weighted by Crippen LogP contribution is 2.38. The van der Waals surface area contributed by atoms with E-state index in [1.165, 1.54) is 12.2 Å². The second kappa shape index (κ2) is 13.8. The Hall–Kier alpha value is -3.94. The molecule has 2 aromatic carbocycles. The molecule has 2 fully saturated rings. The number of hydrogen-bond acceptors (Lipinski definition) is 8. The maximum Gasteiger partial charge on any atom is 0.318 e. The Kier molecular flexibility index (Phi) is 9.62. The van der Waals surface area contributed by atoms with Crippen molar-refractivity contribution in [2.75, 3.05) is 62.9 Å². The highest BCUT2D eigenvalue weighted by Gasteiger charge is 2.39. The Morgan fingerprint density at radius 1 is 1.17 bits per heavy atom. The number of nitriles is 1. The van der Waals surface area contributed by atoms with Gasteiger partial charge in [0.25, 0.3) is 0 Å². The maximum atomic E-state index is 12.8. The lowest BCUT2D eigenvalue weighted by Gasteiger charge is -2.42. The van der Waals surface area contributed by atoms with Crippen molar-refractivity contribution in [1.29, 1.82) is 5.26 Å². The number of hydrogen-bond donors (Lipinski definition) is 0. The van der Waals surface area contributed by atoms with Crippen LogP contribution in [0.1, 0.15) is 43.9 Å². The molecule has 0 N–H and O–H groups in total. The van der Waals surface area contributed by atoms with Crippen molar-refractivity contribution in [2.45, 2.75) is 57.2 Å². The average molecular weight is 646 g/mol. The first-order chi connectivity index (χ1) is 22.4. The lowest BCUT2D eigenvalue weighted by Crippen LogP contribution is -2.55. The largest absolute Gasteiger partial charge is 0.461 e. The number of likely N-dealkylation sites (N-methyl/N-ethyl adjacent to an activating group) is 1.